The van der Waals surface area contributed by atoms with Gasteiger partial charge < -0.3 is 32.5 Å². The number of nitrogens with one attached hydrogen (secondary N) is 3. The minimum Gasteiger partial charge on any atom is -0.480 e. The average Bonchev–Trinajstić information content (AvgIpc) is 2.81. The van der Waals surface area contributed by atoms with Gasteiger partial charge in [0, 0.05) is 6.42 Å². The van der Waals surface area contributed by atoms with Gasteiger partial charge in [0.2, 0.25) is 17.7 Å². The molecule has 0 aliphatic carbocycles. The van der Waals surface area contributed by atoms with Crippen LogP contribution in [0.4, 0.5) is 0 Å². The molecule has 0 aliphatic heterocycles. The molecule has 0 bridgehead atoms. The summed E-state index contributed by atoms with van der Waals surface area (Å²) >= 11 is 0. The molecule has 0 saturated carbocycles. The number of carbonyl (C=O) groups is 4. The molecule has 0 aliphatic rings. The fourth-order valence-corrected chi connectivity index (χ4v) is 3.72. The number of unbranched alkanes of at least 4 members (excludes halogenated alkanes) is 1. The summed E-state index contributed by atoms with van der Waals surface area (Å²) in [4.78, 5) is 50.6. The number of carboxylic acid groups (broad SMARTS) is 1. The van der Waals surface area contributed by atoms with E-state index in [1.807, 2.05) is 19.9 Å². The summed E-state index contributed by atoms with van der Waals surface area (Å²) in [5.41, 5.74) is 12.2. The van der Waals surface area contributed by atoms with Crippen LogP contribution in [0.15, 0.2) is 30.3 Å². The molecule has 0 saturated heterocycles. The van der Waals surface area contributed by atoms with E-state index in [-0.39, 0.29) is 18.3 Å². The van der Waals surface area contributed by atoms with E-state index in [1.165, 1.54) is 0 Å². The molecule has 1 rings (SSSR count). The third kappa shape index (κ3) is 11.2. The normalized spacial score (nSPS) is 14.6. The first-order valence-corrected chi connectivity index (χ1v) is 12.6. The Bertz CT molecular complexity index is 846. The first-order chi connectivity index (χ1) is 17.0. The molecule has 0 heterocycles. The van der Waals surface area contributed by atoms with Crippen LogP contribution in [0.1, 0.15) is 58.9 Å². The van der Waals surface area contributed by atoms with Crippen molar-refractivity contribution in [1.82, 2.24) is 16.0 Å². The van der Waals surface area contributed by atoms with Crippen molar-refractivity contribution < 1.29 is 24.3 Å². The Labute approximate surface area is 213 Å². The molecule has 8 N–H and O–H groups in total. The molecule has 0 fully saturated rings. The van der Waals surface area contributed by atoms with Crippen LogP contribution in [-0.4, -0.2) is 59.5 Å². The zero-order valence-electron chi connectivity index (χ0n) is 21.8. The van der Waals surface area contributed by atoms with Crippen molar-refractivity contribution in [2.24, 2.45) is 23.3 Å². The van der Waals surface area contributed by atoms with Crippen LogP contribution in [0, 0.1) is 11.8 Å². The van der Waals surface area contributed by atoms with Crippen LogP contribution < -0.4 is 27.4 Å². The van der Waals surface area contributed by atoms with E-state index in [1.54, 1.807) is 38.1 Å². The number of carbonyl (C=O) groups excluding carboxylic acids is 3. The van der Waals surface area contributed by atoms with Crippen LogP contribution in [0.2, 0.25) is 0 Å². The summed E-state index contributed by atoms with van der Waals surface area (Å²) in [5, 5.41) is 17.6. The Balaban J connectivity index is 2.91. The van der Waals surface area contributed by atoms with Crippen LogP contribution in [-0.2, 0) is 25.6 Å². The molecule has 10 heteroatoms. The fraction of sp³-hybridized carbons (Fsp3) is 0.615. The molecule has 0 spiro atoms. The molecule has 10 nitrogen and oxygen atoms in total. The highest BCUT2D eigenvalue weighted by molar-refractivity contribution is 5.94. The quantitative estimate of drug-likeness (QED) is 0.181. The highest BCUT2D eigenvalue weighted by Gasteiger charge is 2.32. The maximum atomic E-state index is 13.1. The lowest BCUT2D eigenvalue weighted by Gasteiger charge is -2.27. The number of carboxylic acids is 1. The molecular weight excluding hydrogens is 462 g/mol. The molecule has 36 heavy (non-hydrogen) atoms. The maximum absolute atomic E-state index is 13.1. The minimum absolute atomic E-state index is 0.0862. The van der Waals surface area contributed by atoms with Gasteiger partial charge in [-0.2, -0.15) is 0 Å². The van der Waals surface area contributed by atoms with Crippen molar-refractivity contribution in [2.75, 3.05) is 6.54 Å². The molecule has 4 atom stereocenters. The van der Waals surface area contributed by atoms with Gasteiger partial charge >= 0.3 is 5.97 Å². The monoisotopic (exact) mass is 505 g/mol. The smallest absolute Gasteiger partial charge is 0.326 e. The number of amides is 3. The highest BCUT2D eigenvalue weighted by atomic mass is 16.4. The maximum Gasteiger partial charge on any atom is 0.326 e. The standard InChI is InChI=1S/C26H43N5O5/c1-16(2)14-20(29-23(32)19(28)12-8-9-13-27)24(33)31-22(17(3)4)25(34)30-21(26(35)36)15-18-10-6-5-7-11-18/h5-7,10-11,16-17,19-22H,8-9,12-15,27-28H2,1-4H3,(H,29,32)(H,30,34)(H,31,33)(H,35,36). The summed E-state index contributed by atoms with van der Waals surface area (Å²) in [6.45, 7) is 7.85. The predicted molar refractivity (Wildman–Crippen MR) is 139 cm³/mol. The van der Waals surface area contributed by atoms with Gasteiger partial charge in [0.15, 0.2) is 0 Å². The van der Waals surface area contributed by atoms with Crippen LogP contribution in [0.5, 0.6) is 0 Å². The third-order valence-electron chi connectivity index (χ3n) is 5.79. The zero-order valence-corrected chi connectivity index (χ0v) is 21.8. The summed E-state index contributed by atoms with van der Waals surface area (Å²) in [5.74, 6) is -2.97. The Morgan fingerprint density at radius 2 is 1.47 bits per heavy atom. The van der Waals surface area contributed by atoms with Crippen molar-refractivity contribution in [3.63, 3.8) is 0 Å². The topological polar surface area (TPSA) is 177 Å². The molecular formula is C26H43N5O5. The molecule has 4 unspecified atom stereocenters. The fourth-order valence-electron chi connectivity index (χ4n) is 3.72. The number of nitrogens with two attached hydrogens (primary N) is 2. The van der Waals surface area contributed by atoms with Crippen LogP contribution in [0.3, 0.4) is 0 Å². The second kappa shape index (κ2) is 15.9. The predicted octanol–water partition coefficient (Wildman–Crippen LogP) is 0.927. The average molecular weight is 506 g/mol. The Kier molecular flexibility index (Phi) is 13.7. The Morgan fingerprint density at radius 1 is 0.861 bits per heavy atom. The Morgan fingerprint density at radius 3 is 2.00 bits per heavy atom. The van der Waals surface area contributed by atoms with Gasteiger partial charge in [0.1, 0.15) is 18.1 Å². The van der Waals surface area contributed by atoms with Gasteiger partial charge in [-0.05, 0) is 43.2 Å². The zero-order chi connectivity index (χ0) is 27.3. The minimum atomic E-state index is -1.17. The van der Waals surface area contributed by atoms with E-state index in [0.717, 1.165) is 12.0 Å². The van der Waals surface area contributed by atoms with Crippen molar-refractivity contribution in [2.45, 2.75) is 84.0 Å². The van der Waals surface area contributed by atoms with E-state index in [2.05, 4.69) is 16.0 Å². The lowest BCUT2D eigenvalue weighted by atomic mass is 9.98. The van der Waals surface area contributed by atoms with Crippen LogP contribution >= 0.6 is 0 Å². The number of rotatable bonds is 16. The van der Waals surface area contributed by atoms with E-state index in [0.29, 0.717) is 25.8 Å². The van der Waals surface area contributed by atoms with Crippen molar-refractivity contribution in [3.05, 3.63) is 35.9 Å². The highest BCUT2D eigenvalue weighted by Crippen LogP contribution is 2.10. The van der Waals surface area contributed by atoms with E-state index < -0.39 is 47.9 Å². The Hall–Kier alpha value is -2.98. The summed E-state index contributed by atoms with van der Waals surface area (Å²) < 4.78 is 0. The van der Waals surface area contributed by atoms with Gasteiger partial charge in [-0.15, -0.1) is 0 Å². The van der Waals surface area contributed by atoms with Crippen LogP contribution in [0.25, 0.3) is 0 Å². The molecule has 0 aromatic heterocycles. The van der Waals surface area contributed by atoms with Crippen molar-refractivity contribution >= 4 is 23.7 Å². The number of benzene rings is 1. The lowest BCUT2D eigenvalue weighted by molar-refractivity contribution is -0.142. The number of hydrogen-bond acceptors (Lipinski definition) is 6. The largest absolute Gasteiger partial charge is 0.480 e. The van der Waals surface area contributed by atoms with Gasteiger partial charge in [-0.1, -0.05) is 64.4 Å². The molecule has 0 radical (unpaired) electrons. The van der Waals surface area contributed by atoms with Crippen molar-refractivity contribution in [3.8, 4) is 0 Å². The van der Waals surface area contributed by atoms with Crippen molar-refractivity contribution in [1.29, 1.82) is 0 Å². The van der Waals surface area contributed by atoms with E-state index in [4.69, 9.17) is 11.5 Å². The summed E-state index contributed by atoms with van der Waals surface area (Å²) in [7, 11) is 0. The first-order valence-electron chi connectivity index (χ1n) is 12.6. The van der Waals surface area contributed by atoms with Gasteiger partial charge in [-0.25, -0.2) is 4.79 Å². The second-order valence-electron chi connectivity index (χ2n) is 9.90. The first kappa shape index (κ1) is 31.1. The lowest BCUT2D eigenvalue weighted by Crippen LogP contribution is -2.58. The van der Waals surface area contributed by atoms with Gasteiger partial charge in [-0.3, -0.25) is 14.4 Å². The molecule has 1 aromatic carbocycles. The molecule has 3 amide bonds. The van der Waals surface area contributed by atoms with Gasteiger partial charge in [0.25, 0.3) is 0 Å². The summed E-state index contributed by atoms with van der Waals surface area (Å²) in [6, 6.07) is 5.18. The van der Waals surface area contributed by atoms with E-state index >= 15 is 0 Å². The molecule has 202 valence electrons. The summed E-state index contributed by atoms with van der Waals surface area (Å²) in [6.07, 6.45) is 2.37. The number of aliphatic carboxylic acids is 1. The third-order valence-corrected chi connectivity index (χ3v) is 5.79. The SMILES string of the molecule is CC(C)CC(NC(=O)C(N)CCCCN)C(=O)NC(C(=O)NC(Cc1ccccc1)C(=O)O)C(C)C. The second-order valence-corrected chi connectivity index (χ2v) is 9.90. The van der Waals surface area contributed by atoms with Gasteiger partial charge in [0.05, 0.1) is 6.04 Å². The molecule has 1 aromatic rings. The number of hydrogen-bond donors (Lipinski definition) is 6. The van der Waals surface area contributed by atoms with E-state index in [9.17, 15) is 24.3 Å².